The van der Waals surface area contributed by atoms with Crippen LogP contribution in [0.5, 0.6) is 0 Å². The van der Waals surface area contributed by atoms with Gasteiger partial charge in [0.2, 0.25) is 11.8 Å². The molecule has 0 saturated heterocycles. The summed E-state index contributed by atoms with van der Waals surface area (Å²) >= 11 is 0. The van der Waals surface area contributed by atoms with Crippen LogP contribution in [0.25, 0.3) is 0 Å². The molecule has 0 radical (unpaired) electrons. The van der Waals surface area contributed by atoms with Gasteiger partial charge in [-0.3, -0.25) is 14.9 Å². The number of nitrogens with zero attached hydrogens (tertiary/aromatic N) is 1. The van der Waals surface area contributed by atoms with Crippen LogP contribution >= 0.6 is 0 Å². The van der Waals surface area contributed by atoms with Gasteiger partial charge in [0, 0.05) is 12.1 Å². The lowest BCUT2D eigenvalue weighted by molar-refractivity contribution is -0.133. The fourth-order valence-corrected chi connectivity index (χ4v) is 3.88. The molecule has 0 aliphatic heterocycles. The van der Waals surface area contributed by atoms with Gasteiger partial charge >= 0.3 is 0 Å². The Balaban J connectivity index is 1.60. The second-order valence-electron chi connectivity index (χ2n) is 7.98. The maximum absolute atomic E-state index is 13.4. The predicted octanol–water partition coefficient (Wildman–Crippen LogP) is 3.64. The fraction of sp³-hybridized carbons (Fsp3) is 0.500. The van der Waals surface area contributed by atoms with E-state index in [0.717, 1.165) is 37.1 Å². The standard InChI is InChI=1S/C22H27F2N3O4/c1-2-5-18(25-22(30)20(28)14-9-15(23)11-16(24)10-14)21(29)26-19-12-17(27-31-19)8-13-6-3-4-7-13/h9-13,18,20,28H,2-8H2,1H3,(H,25,30)(H,26,29). The number of carbonyl (C=O) groups excluding carboxylic acids is 2. The molecule has 1 aliphatic carbocycles. The summed E-state index contributed by atoms with van der Waals surface area (Å²) in [6.45, 7) is 1.83. The number of rotatable bonds is 9. The van der Waals surface area contributed by atoms with E-state index >= 15 is 0 Å². The van der Waals surface area contributed by atoms with E-state index < -0.39 is 35.6 Å². The van der Waals surface area contributed by atoms with Gasteiger partial charge in [0.1, 0.15) is 17.7 Å². The van der Waals surface area contributed by atoms with E-state index in [1.807, 2.05) is 6.92 Å². The van der Waals surface area contributed by atoms with Crippen molar-refractivity contribution in [1.82, 2.24) is 10.5 Å². The van der Waals surface area contributed by atoms with E-state index in [9.17, 15) is 23.5 Å². The molecule has 3 rings (SSSR count). The zero-order valence-electron chi connectivity index (χ0n) is 17.4. The van der Waals surface area contributed by atoms with Gasteiger partial charge in [-0.2, -0.15) is 0 Å². The first-order valence-corrected chi connectivity index (χ1v) is 10.6. The van der Waals surface area contributed by atoms with Crippen molar-refractivity contribution in [2.75, 3.05) is 5.32 Å². The van der Waals surface area contributed by atoms with Crippen LogP contribution < -0.4 is 10.6 Å². The van der Waals surface area contributed by atoms with Crippen LogP contribution in [0.3, 0.4) is 0 Å². The van der Waals surface area contributed by atoms with Gasteiger partial charge < -0.3 is 14.9 Å². The van der Waals surface area contributed by atoms with Crippen LogP contribution in [-0.4, -0.2) is 28.1 Å². The number of halogens is 2. The van der Waals surface area contributed by atoms with Gasteiger partial charge in [-0.05, 0) is 36.5 Å². The molecule has 2 atom stereocenters. The van der Waals surface area contributed by atoms with Gasteiger partial charge in [-0.1, -0.05) is 44.2 Å². The molecule has 3 N–H and O–H groups in total. The highest BCUT2D eigenvalue weighted by atomic mass is 19.1. The van der Waals surface area contributed by atoms with Gasteiger partial charge in [-0.25, -0.2) is 8.78 Å². The van der Waals surface area contributed by atoms with Crippen LogP contribution in [0.4, 0.5) is 14.7 Å². The largest absolute Gasteiger partial charge is 0.378 e. The fourth-order valence-electron chi connectivity index (χ4n) is 3.88. The zero-order valence-corrected chi connectivity index (χ0v) is 17.4. The number of anilines is 1. The molecule has 1 aromatic carbocycles. The predicted molar refractivity (Wildman–Crippen MR) is 109 cm³/mol. The van der Waals surface area contributed by atoms with Crippen molar-refractivity contribution in [2.24, 2.45) is 5.92 Å². The van der Waals surface area contributed by atoms with E-state index in [1.54, 1.807) is 6.07 Å². The number of aliphatic hydroxyl groups excluding tert-OH is 1. The summed E-state index contributed by atoms with van der Waals surface area (Å²) in [5.41, 5.74) is 0.527. The number of carbonyl (C=O) groups is 2. The lowest BCUT2D eigenvalue weighted by Crippen LogP contribution is -2.45. The summed E-state index contributed by atoms with van der Waals surface area (Å²) in [6, 6.07) is 3.07. The average Bonchev–Trinajstić information content (AvgIpc) is 3.38. The first kappa shape index (κ1) is 22.9. The second kappa shape index (κ2) is 10.5. The van der Waals surface area contributed by atoms with E-state index in [-0.39, 0.29) is 11.4 Å². The summed E-state index contributed by atoms with van der Waals surface area (Å²) in [5.74, 6) is -2.53. The van der Waals surface area contributed by atoms with E-state index in [4.69, 9.17) is 4.52 Å². The van der Waals surface area contributed by atoms with Gasteiger partial charge in [0.25, 0.3) is 5.91 Å². The smallest absolute Gasteiger partial charge is 0.254 e. The highest BCUT2D eigenvalue weighted by Crippen LogP contribution is 2.28. The van der Waals surface area contributed by atoms with Crippen molar-refractivity contribution in [1.29, 1.82) is 0 Å². The van der Waals surface area contributed by atoms with Crippen LogP contribution in [0, 0.1) is 17.6 Å². The van der Waals surface area contributed by atoms with Crippen molar-refractivity contribution >= 4 is 17.7 Å². The third-order valence-corrected chi connectivity index (χ3v) is 5.44. The Morgan fingerprint density at radius 3 is 2.48 bits per heavy atom. The third kappa shape index (κ3) is 6.33. The SMILES string of the molecule is CCCC(NC(=O)C(O)c1cc(F)cc(F)c1)C(=O)Nc1cc(CC2CCCC2)no1. The molecule has 1 saturated carbocycles. The summed E-state index contributed by atoms with van der Waals surface area (Å²) in [5, 5.41) is 19.2. The summed E-state index contributed by atoms with van der Waals surface area (Å²) in [6.07, 6.45) is 4.62. The van der Waals surface area contributed by atoms with E-state index in [2.05, 4.69) is 15.8 Å². The maximum atomic E-state index is 13.4. The zero-order chi connectivity index (χ0) is 22.4. The van der Waals surface area contributed by atoms with Crippen LogP contribution in [0.1, 0.15) is 62.8 Å². The minimum absolute atomic E-state index is 0.182. The van der Waals surface area contributed by atoms with Gasteiger partial charge in [0.05, 0.1) is 5.69 Å². The minimum atomic E-state index is -1.82. The number of hydrogen-bond donors (Lipinski definition) is 3. The monoisotopic (exact) mass is 435 g/mol. The Kier molecular flexibility index (Phi) is 7.73. The highest BCUT2D eigenvalue weighted by Gasteiger charge is 2.26. The third-order valence-electron chi connectivity index (χ3n) is 5.44. The van der Waals surface area contributed by atoms with Crippen LogP contribution in [0.2, 0.25) is 0 Å². The molecule has 0 bridgehead atoms. The number of nitrogens with one attached hydrogen (secondary N) is 2. The van der Waals surface area contributed by atoms with Crippen molar-refractivity contribution < 1.29 is 28.0 Å². The first-order chi connectivity index (χ1) is 14.9. The Hall–Kier alpha value is -2.81. The molecule has 1 aliphatic rings. The normalized spacial score (nSPS) is 16.1. The Morgan fingerprint density at radius 1 is 1.16 bits per heavy atom. The van der Waals surface area contributed by atoms with E-state index in [1.165, 1.54) is 12.8 Å². The molecule has 2 amide bonds. The lowest BCUT2D eigenvalue weighted by Gasteiger charge is -2.19. The number of hydrogen-bond acceptors (Lipinski definition) is 5. The number of benzene rings is 1. The molecular weight excluding hydrogens is 408 g/mol. The second-order valence-corrected chi connectivity index (χ2v) is 7.98. The molecule has 1 fully saturated rings. The van der Waals surface area contributed by atoms with E-state index in [0.29, 0.717) is 24.8 Å². The quantitative estimate of drug-likeness (QED) is 0.558. The summed E-state index contributed by atoms with van der Waals surface area (Å²) in [7, 11) is 0. The molecule has 7 nitrogen and oxygen atoms in total. The topological polar surface area (TPSA) is 104 Å². The summed E-state index contributed by atoms with van der Waals surface area (Å²) < 4.78 is 31.9. The molecule has 2 aromatic rings. The van der Waals surface area contributed by atoms with Gasteiger partial charge in [0.15, 0.2) is 6.10 Å². The Bertz CT molecular complexity index is 892. The van der Waals surface area contributed by atoms with Crippen molar-refractivity contribution in [2.45, 2.75) is 64.0 Å². The maximum Gasteiger partial charge on any atom is 0.254 e. The molecule has 9 heteroatoms. The van der Waals surface area contributed by atoms with Crippen LogP contribution in [-0.2, 0) is 16.0 Å². The molecule has 1 heterocycles. The molecule has 31 heavy (non-hydrogen) atoms. The Labute approximate surface area is 179 Å². The molecule has 0 spiro atoms. The molecular formula is C22H27F2N3O4. The average molecular weight is 435 g/mol. The molecule has 2 unspecified atom stereocenters. The number of amides is 2. The minimum Gasteiger partial charge on any atom is -0.378 e. The molecule has 1 aromatic heterocycles. The number of aromatic nitrogens is 1. The lowest BCUT2D eigenvalue weighted by atomic mass is 10.0. The van der Waals surface area contributed by atoms with Crippen molar-refractivity contribution in [3.05, 3.63) is 47.2 Å². The van der Waals surface area contributed by atoms with Crippen LogP contribution in [0.15, 0.2) is 28.8 Å². The van der Waals surface area contributed by atoms with Crippen molar-refractivity contribution in [3.63, 3.8) is 0 Å². The highest BCUT2D eigenvalue weighted by molar-refractivity contribution is 5.97. The van der Waals surface area contributed by atoms with Crippen molar-refractivity contribution in [3.8, 4) is 0 Å². The first-order valence-electron chi connectivity index (χ1n) is 10.6. The number of aliphatic hydroxyl groups is 1. The summed E-state index contributed by atoms with van der Waals surface area (Å²) in [4.78, 5) is 25.0. The van der Waals surface area contributed by atoms with Gasteiger partial charge in [-0.15, -0.1) is 0 Å². The Morgan fingerprint density at radius 2 is 1.84 bits per heavy atom. The molecule has 168 valence electrons.